The van der Waals surface area contributed by atoms with Crippen molar-refractivity contribution in [1.29, 1.82) is 0 Å². The number of carbonyl (C=O) groups excluding carboxylic acids is 1. The van der Waals surface area contributed by atoms with Gasteiger partial charge in [-0.25, -0.2) is 0 Å². The molecule has 0 aliphatic rings. The molecule has 0 saturated heterocycles. The second-order valence-corrected chi connectivity index (χ2v) is 5.67. The van der Waals surface area contributed by atoms with E-state index in [9.17, 15) is 9.59 Å². The smallest absolute Gasteiger partial charge is 0.303 e. The number of carbonyl (C=O) groups is 2. The minimum Gasteiger partial charge on any atom is -0.481 e. The van der Waals surface area contributed by atoms with Gasteiger partial charge in [0.05, 0.1) is 11.8 Å². The third kappa shape index (κ3) is 5.07. The van der Waals surface area contributed by atoms with Crippen LogP contribution in [-0.4, -0.2) is 23.5 Å². The van der Waals surface area contributed by atoms with Gasteiger partial charge in [-0.2, -0.15) is 0 Å². The van der Waals surface area contributed by atoms with Crippen molar-refractivity contribution in [3.05, 3.63) is 23.7 Å². The van der Waals surface area contributed by atoms with Gasteiger partial charge in [0.15, 0.2) is 0 Å². The van der Waals surface area contributed by atoms with Crippen LogP contribution < -0.4 is 5.32 Å². The highest BCUT2D eigenvalue weighted by atomic mass is 16.4. The van der Waals surface area contributed by atoms with Crippen LogP contribution in [0.25, 0.3) is 0 Å². The van der Waals surface area contributed by atoms with Crippen LogP contribution in [0.1, 0.15) is 56.2 Å². The molecule has 20 heavy (non-hydrogen) atoms. The van der Waals surface area contributed by atoms with Crippen molar-refractivity contribution in [2.24, 2.45) is 5.41 Å². The number of hydrogen-bond acceptors (Lipinski definition) is 3. The fourth-order valence-corrected chi connectivity index (χ4v) is 2.00. The molecule has 1 heterocycles. The van der Waals surface area contributed by atoms with Gasteiger partial charge in [-0.1, -0.05) is 20.8 Å². The molecule has 0 atom stereocenters. The molecule has 0 spiro atoms. The number of furan rings is 1. The minimum absolute atomic E-state index is 0.102. The van der Waals surface area contributed by atoms with Crippen LogP contribution in [0, 0.1) is 5.41 Å². The number of hydrogen-bond donors (Lipinski definition) is 2. The number of rotatable bonds is 8. The molecule has 2 N–H and O–H groups in total. The van der Waals surface area contributed by atoms with E-state index in [-0.39, 0.29) is 17.7 Å². The molecule has 0 unspecified atom stereocenters. The maximum Gasteiger partial charge on any atom is 0.303 e. The molecule has 0 radical (unpaired) electrons. The zero-order valence-corrected chi connectivity index (χ0v) is 12.4. The van der Waals surface area contributed by atoms with Crippen LogP contribution in [-0.2, 0) is 11.2 Å². The molecule has 0 fully saturated rings. The van der Waals surface area contributed by atoms with Crippen LogP contribution in [0.2, 0.25) is 0 Å². The van der Waals surface area contributed by atoms with Crippen LogP contribution in [0.5, 0.6) is 0 Å². The molecule has 112 valence electrons. The van der Waals surface area contributed by atoms with E-state index < -0.39 is 5.97 Å². The lowest BCUT2D eigenvalue weighted by molar-refractivity contribution is -0.137. The van der Waals surface area contributed by atoms with Gasteiger partial charge < -0.3 is 14.8 Å². The van der Waals surface area contributed by atoms with E-state index >= 15 is 0 Å². The lowest BCUT2D eigenvalue weighted by Crippen LogP contribution is -2.28. The van der Waals surface area contributed by atoms with Gasteiger partial charge in [-0.05, 0) is 24.3 Å². The quantitative estimate of drug-likeness (QED) is 0.768. The van der Waals surface area contributed by atoms with Crippen molar-refractivity contribution < 1.29 is 19.1 Å². The molecule has 0 saturated carbocycles. The number of carboxylic acids is 1. The number of aryl methyl sites for hydroxylation is 1. The van der Waals surface area contributed by atoms with Gasteiger partial charge in [-0.15, -0.1) is 0 Å². The fraction of sp³-hybridized carbons (Fsp3) is 0.600. The highest BCUT2D eigenvalue weighted by Crippen LogP contribution is 2.26. The SMILES string of the molecule is CCc1occc1C(=O)NCCC(C)(C)CCC(=O)O. The largest absolute Gasteiger partial charge is 0.481 e. The maximum atomic E-state index is 12.0. The molecular weight excluding hydrogens is 258 g/mol. The number of nitrogens with one attached hydrogen (secondary N) is 1. The van der Waals surface area contributed by atoms with Crippen molar-refractivity contribution in [1.82, 2.24) is 5.32 Å². The Bertz CT molecular complexity index is 462. The van der Waals surface area contributed by atoms with Gasteiger partial charge in [0, 0.05) is 19.4 Å². The first-order chi connectivity index (χ1) is 9.35. The van der Waals surface area contributed by atoms with E-state index in [2.05, 4.69) is 5.32 Å². The number of carboxylic acid groups (broad SMARTS) is 1. The Labute approximate surface area is 119 Å². The Balaban J connectivity index is 2.40. The monoisotopic (exact) mass is 281 g/mol. The normalized spacial score (nSPS) is 11.3. The molecule has 1 rings (SSSR count). The summed E-state index contributed by atoms with van der Waals surface area (Å²) in [5.74, 6) is -0.231. The van der Waals surface area contributed by atoms with E-state index in [4.69, 9.17) is 9.52 Å². The molecule has 0 aliphatic heterocycles. The van der Waals surface area contributed by atoms with Crippen LogP contribution in [0.4, 0.5) is 0 Å². The third-order valence-corrected chi connectivity index (χ3v) is 3.41. The van der Waals surface area contributed by atoms with Crippen LogP contribution in [0.15, 0.2) is 16.7 Å². The maximum absolute atomic E-state index is 12.0. The molecule has 1 aromatic rings. The standard InChI is InChI=1S/C15H23NO4/c1-4-12-11(6-10-20-12)14(19)16-9-8-15(2,3)7-5-13(17)18/h6,10H,4-5,7-9H2,1-3H3,(H,16,19)(H,17,18). The van der Waals surface area contributed by atoms with Crippen molar-refractivity contribution >= 4 is 11.9 Å². The van der Waals surface area contributed by atoms with Crippen molar-refractivity contribution in [3.8, 4) is 0 Å². The molecule has 0 aromatic carbocycles. The van der Waals surface area contributed by atoms with Crippen LogP contribution >= 0.6 is 0 Å². The first-order valence-corrected chi connectivity index (χ1v) is 6.92. The summed E-state index contributed by atoms with van der Waals surface area (Å²) >= 11 is 0. The number of aliphatic carboxylic acids is 1. The average molecular weight is 281 g/mol. The molecule has 1 aromatic heterocycles. The molecule has 0 bridgehead atoms. The topological polar surface area (TPSA) is 79.5 Å². The van der Waals surface area contributed by atoms with Gasteiger partial charge >= 0.3 is 5.97 Å². The van der Waals surface area contributed by atoms with E-state index in [0.29, 0.717) is 30.7 Å². The Hall–Kier alpha value is -1.78. The van der Waals surface area contributed by atoms with E-state index in [1.807, 2.05) is 20.8 Å². The van der Waals surface area contributed by atoms with E-state index in [0.717, 1.165) is 6.42 Å². The van der Waals surface area contributed by atoms with Crippen LogP contribution in [0.3, 0.4) is 0 Å². The summed E-state index contributed by atoms with van der Waals surface area (Å²) in [6, 6.07) is 1.67. The first-order valence-electron chi connectivity index (χ1n) is 6.92. The van der Waals surface area contributed by atoms with Gasteiger partial charge in [-0.3, -0.25) is 9.59 Å². The summed E-state index contributed by atoms with van der Waals surface area (Å²) in [6.07, 6.45) is 3.70. The van der Waals surface area contributed by atoms with Gasteiger partial charge in [0.1, 0.15) is 5.76 Å². The zero-order chi connectivity index (χ0) is 15.2. The fourth-order valence-electron chi connectivity index (χ4n) is 2.00. The summed E-state index contributed by atoms with van der Waals surface area (Å²) in [5, 5.41) is 11.6. The Kier molecular flexibility index (Phi) is 5.80. The third-order valence-electron chi connectivity index (χ3n) is 3.41. The van der Waals surface area contributed by atoms with Gasteiger partial charge in [0.2, 0.25) is 0 Å². The zero-order valence-electron chi connectivity index (χ0n) is 12.4. The average Bonchev–Trinajstić information content (AvgIpc) is 2.84. The second-order valence-electron chi connectivity index (χ2n) is 5.67. The molecule has 1 amide bonds. The highest BCUT2D eigenvalue weighted by Gasteiger charge is 2.20. The minimum atomic E-state index is -0.784. The predicted octanol–water partition coefficient (Wildman–Crippen LogP) is 2.85. The van der Waals surface area contributed by atoms with Crippen molar-refractivity contribution in [3.63, 3.8) is 0 Å². The lowest BCUT2D eigenvalue weighted by atomic mass is 9.84. The predicted molar refractivity (Wildman–Crippen MR) is 75.7 cm³/mol. The highest BCUT2D eigenvalue weighted by molar-refractivity contribution is 5.95. The van der Waals surface area contributed by atoms with Crippen molar-refractivity contribution in [2.75, 3.05) is 6.54 Å². The molecule has 0 aliphatic carbocycles. The summed E-state index contributed by atoms with van der Waals surface area (Å²) in [7, 11) is 0. The summed E-state index contributed by atoms with van der Waals surface area (Å²) in [6.45, 7) is 6.49. The first kappa shape index (κ1) is 16.3. The molecular formula is C15H23NO4. The van der Waals surface area contributed by atoms with E-state index in [1.165, 1.54) is 6.26 Å². The number of amides is 1. The lowest BCUT2D eigenvalue weighted by Gasteiger charge is -2.23. The Morgan fingerprint density at radius 2 is 2.05 bits per heavy atom. The Morgan fingerprint density at radius 1 is 1.35 bits per heavy atom. The van der Waals surface area contributed by atoms with Gasteiger partial charge in [0.25, 0.3) is 5.91 Å². The second kappa shape index (κ2) is 7.12. The Morgan fingerprint density at radius 3 is 2.65 bits per heavy atom. The van der Waals surface area contributed by atoms with Crippen molar-refractivity contribution in [2.45, 2.75) is 46.5 Å². The van der Waals surface area contributed by atoms with E-state index in [1.54, 1.807) is 6.07 Å². The summed E-state index contributed by atoms with van der Waals surface area (Å²) < 4.78 is 5.22. The summed E-state index contributed by atoms with van der Waals surface area (Å²) in [4.78, 5) is 22.5. The summed E-state index contributed by atoms with van der Waals surface area (Å²) in [5.41, 5.74) is 0.478. The molecule has 5 nitrogen and oxygen atoms in total. The molecule has 5 heteroatoms.